The normalized spacial score (nSPS) is 13.3. The second-order valence-corrected chi connectivity index (χ2v) is 11.7. The van der Waals surface area contributed by atoms with Gasteiger partial charge in [0.15, 0.2) is 5.58 Å². The van der Waals surface area contributed by atoms with Gasteiger partial charge in [0, 0.05) is 24.9 Å². The number of hydrogen-bond donors (Lipinski definition) is 2. The highest BCUT2D eigenvalue weighted by Gasteiger charge is 2.32. The summed E-state index contributed by atoms with van der Waals surface area (Å²) < 4.78 is 10.7. The lowest BCUT2D eigenvalue weighted by molar-refractivity contribution is -0.151. The van der Waals surface area contributed by atoms with Gasteiger partial charge in [0.2, 0.25) is 11.8 Å². The maximum atomic E-state index is 14.0. The van der Waals surface area contributed by atoms with Gasteiger partial charge in [-0.1, -0.05) is 66.7 Å². The molecule has 1 amide bonds. The summed E-state index contributed by atoms with van der Waals surface area (Å²) in [6.07, 6.45) is 2.95. The molecule has 10 heteroatoms. The number of allylic oxidation sites excluding steroid dienone is 1. The lowest BCUT2D eigenvalue weighted by Crippen LogP contribution is -2.43. The van der Waals surface area contributed by atoms with E-state index in [0.29, 0.717) is 23.5 Å². The van der Waals surface area contributed by atoms with Crippen molar-refractivity contribution in [3.63, 3.8) is 0 Å². The molecule has 0 bridgehead atoms. The summed E-state index contributed by atoms with van der Waals surface area (Å²) in [5.41, 5.74) is 3.41. The van der Waals surface area contributed by atoms with Crippen LogP contribution in [0.5, 0.6) is 0 Å². The van der Waals surface area contributed by atoms with Crippen LogP contribution in [0.2, 0.25) is 0 Å². The first kappa shape index (κ1) is 33.6. The minimum absolute atomic E-state index is 0.163. The number of ether oxygens (including phenoxy) is 1. The van der Waals surface area contributed by atoms with Crippen LogP contribution >= 0.6 is 0 Å². The van der Waals surface area contributed by atoms with Crippen LogP contribution in [0.4, 0.5) is 0 Å². The number of aromatic nitrogens is 1. The number of oxazole rings is 1. The van der Waals surface area contributed by atoms with Crippen molar-refractivity contribution in [3.05, 3.63) is 120 Å². The van der Waals surface area contributed by atoms with E-state index in [1.165, 1.54) is 7.11 Å². The number of para-hydroxylation sites is 2. The Balaban J connectivity index is 1.51. The topological polar surface area (TPSA) is 147 Å². The number of methoxy groups -OCH3 is 1. The fourth-order valence-electron chi connectivity index (χ4n) is 5.87. The average molecular weight is 649 g/mol. The smallest absolute Gasteiger partial charge is 0.337 e. The fourth-order valence-corrected chi connectivity index (χ4v) is 5.87. The third kappa shape index (κ3) is 8.14. The highest BCUT2D eigenvalue weighted by molar-refractivity contribution is 5.89. The molecule has 10 nitrogen and oxygen atoms in total. The first-order valence-electron chi connectivity index (χ1n) is 15.5. The minimum atomic E-state index is -1.39. The third-order valence-corrected chi connectivity index (χ3v) is 8.47. The van der Waals surface area contributed by atoms with Gasteiger partial charge in [0.05, 0.1) is 25.0 Å². The quantitative estimate of drug-likeness (QED) is 0.122. The van der Waals surface area contributed by atoms with Crippen LogP contribution in [-0.4, -0.2) is 57.1 Å². The molecule has 4 aromatic carbocycles. The van der Waals surface area contributed by atoms with Crippen LogP contribution in [0.25, 0.3) is 27.9 Å². The summed E-state index contributed by atoms with van der Waals surface area (Å²) in [6, 6.07) is 27.6. The molecule has 0 saturated carbocycles. The molecule has 1 heterocycles. The number of amides is 1. The van der Waals surface area contributed by atoms with E-state index in [0.717, 1.165) is 27.4 Å². The Labute approximate surface area is 277 Å². The van der Waals surface area contributed by atoms with Gasteiger partial charge in [-0.3, -0.25) is 14.4 Å². The first-order valence-corrected chi connectivity index (χ1v) is 15.5. The zero-order valence-electron chi connectivity index (χ0n) is 26.6. The Morgan fingerprint density at radius 2 is 1.60 bits per heavy atom. The lowest BCUT2D eigenvalue weighted by atomic mass is 9.87. The maximum absolute atomic E-state index is 14.0. The molecule has 0 spiro atoms. The predicted molar refractivity (Wildman–Crippen MR) is 180 cm³/mol. The number of hydrogen-bond acceptors (Lipinski definition) is 7. The van der Waals surface area contributed by atoms with E-state index >= 15 is 0 Å². The van der Waals surface area contributed by atoms with Gasteiger partial charge in [0.25, 0.3) is 0 Å². The molecule has 246 valence electrons. The molecule has 0 saturated heterocycles. The number of carboxylic acid groups (broad SMARTS) is 2. The highest BCUT2D eigenvalue weighted by atomic mass is 16.5. The number of fused-ring (bicyclic) bond motifs is 2. The summed E-state index contributed by atoms with van der Waals surface area (Å²) in [4.78, 5) is 55.8. The monoisotopic (exact) mass is 648 g/mol. The van der Waals surface area contributed by atoms with Crippen molar-refractivity contribution in [1.29, 1.82) is 0 Å². The molecule has 1 aromatic heterocycles. The van der Waals surface area contributed by atoms with Gasteiger partial charge in [-0.2, -0.15) is 0 Å². The molecular weight excluding hydrogens is 612 g/mol. The maximum Gasteiger partial charge on any atom is 0.337 e. The van der Waals surface area contributed by atoms with Crippen molar-refractivity contribution in [2.75, 3.05) is 7.11 Å². The summed E-state index contributed by atoms with van der Waals surface area (Å²) in [5.74, 6) is -4.90. The number of nitrogens with zero attached hydrogens (tertiary/aromatic N) is 2. The molecule has 2 N–H and O–H groups in total. The molecule has 5 aromatic rings. The van der Waals surface area contributed by atoms with Crippen molar-refractivity contribution in [3.8, 4) is 0 Å². The van der Waals surface area contributed by atoms with Gasteiger partial charge in [-0.05, 0) is 71.7 Å². The van der Waals surface area contributed by atoms with E-state index in [1.54, 1.807) is 23.1 Å². The SMILES string of the molecule is COC(=O)c1ccc([C@@H](CC=Cc2nc3ccccc3o2)[C@@H](C)N(Cc2ccc3ccccc3c2)C(=O)C[C@H](CC(=O)O)C(=O)O)cc1. The van der Waals surface area contributed by atoms with Crippen molar-refractivity contribution < 1.29 is 38.5 Å². The first-order chi connectivity index (χ1) is 23.1. The highest BCUT2D eigenvalue weighted by Crippen LogP contribution is 2.31. The van der Waals surface area contributed by atoms with E-state index in [9.17, 15) is 29.4 Å². The summed E-state index contributed by atoms with van der Waals surface area (Å²) in [6.45, 7) is 2.05. The largest absolute Gasteiger partial charge is 0.481 e. The van der Waals surface area contributed by atoms with Crippen LogP contribution in [0.1, 0.15) is 59.5 Å². The number of aliphatic carboxylic acids is 2. The van der Waals surface area contributed by atoms with E-state index in [1.807, 2.05) is 91.9 Å². The summed E-state index contributed by atoms with van der Waals surface area (Å²) in [5, 5.41) is 21.1. The molecule has 3 atom stereocenters. The summed E-state index contributed by atoms with van der Waals surface area (Å²) >= 11 is 0. The second-order valence-electron chi connectivity index (χ2n) is 11.7. The van der Waals surface area contributed by atoms with Crippen LogP contribution in [0, 0.1) is 5.92 Å². The van der Waals surface area contributed by atoms with Crippen molar-refractivity contribution in [2.45, 2.75) is 44.7 Å². The van der Waals surface area contributed by atoms with E-state index < -0.39 is 48.6 Å². The Hall–Kier alpha value is -5.77. The third-order valence-electron chi connectivity index (χ3n) is 8.47. The van der Waals surface area contributed by atoms with Gasteiger partial charge in [0.1, 0.15) is 5.52 Å². The Morgan fingerprint density at radius 3 is 2.29 bits per heavy atom. The van der Waals surface area contributed by atoms with Crippen LogP contribution < -0.4 is 0 Å². The molecule has 0 aliphatic heterocycles. The van der Waals surface area contributed by atoms with E-state index in [2.05, 4.69) is 4.98 Å². The molecule has 0 radical (unpaired) electrons. The fraction of sp³-hybridized carbons (Fsp3) is 0.237. The summed E-state index contributed by atoms with van der Waals surface area (Å²) in [7, 11) is 1.31. The van der Waals surface area contributed by atoms with Crippen LogP contribution in [-0.2, 0) is 25.7 Å². The van der Waals surface area contributed by atoms with Gasteiger partial charge >= 0.3 is 17.9 Å². The van der Waals surface area contributed by atoms with Crippen molar-refractivity contribution in [1.82, 2.24) is 9.88 Å². The molecule has 0 unspecified atom stereocenters. The van der Waals surface area contributed by atoms with E-state index in [-0.39, 0.29) is 12.5 Å². The molecule has 5 rings (SSSR count). The zero-order valence-corrected chi connectivity index (χ0v) is 26.6. The number of carbonyl (C=O) groups is 4. The number of carbonyl (C=O) groups excluding carboxylic acids is 2. The number of carboxylic acids is 2. The average Bonchev–Trinajstić information content (AvgIpc) is 3.51. The number of benzene rings is 4. The van der Waals surface area contributed by atoms with Gasteiger partial charge in [-0.25, -0.2) is 9.78 Å². The van der Waals surface area contributed by atoms with Crippen molar-refractivity contribution >= 4 is 51.8 Å². The predicted octanol–water partition coefficient (Wildman–Crippen LogP) is 6.94. The number of esters is 1. The Kier molecular flexibility index (Phi) is 10.6. The standard InChI is InChI=1S/C38H36N2O8/c1-24(40(35(41)21-30(37(44)45)22-36(42)43)23-25-14-15-26-8-3-4-9-29(26)20-25)31(27-16-18-28(19-17-27)38(46)47-2)10-7-13-34-39-32-11-5-6-12-33(32)48-34/h3-9,11-20,24,30-31H,10,21-23H2,1-2H3,(H,42,43)(H,44,45)/t24-,30-,31+/m1/s1. The van der Waals surface area contributed by atoms with Gasteiger partial charge in [-0.15, -0.1) is 0 Å². The minimum Gasteiger partial charge on any atom is -0.481 e. The van der Waals surface area contributed by atoms with Crippen LogP contribution in [0.3, 0.4) is 0 Å². The molecular formula is C38H36N2O8. The lowest BCUT2D eigenvalue weighted by Gasteiger charge is -2.36. The molecule has 0 aliphatic carbocycles. The van der Waals surface area contributed by atoms with E-state index in [4.69, 9.17) is 9.15 Å². The molecule has 0 fully saturated rings. The molecule has 0 aliphatic rings. The van der Waals surface area contributed by atoms with Gasteiger partial charge < -0.3 is 24.3 Å². The second kappa shape index (κ2) is 15.2. The Bertz CT molecular complexity index is 1930. The zero-order chi connectivity index (χ0) is 34.2. The Morgan fingerprint density at radius 1 is 0.896 bits per heavy atom. The number of rotatable bonds is 14. The molecule has 48 heavy (non-hydrogen) atoms. The van der Waals surface area contributed by atoms with Crippen molar-refractivity contribution in [2.24, 2.45) is 5.92 Å². The van der Waals surface area contributed by atoms with Crippen LogP contribution in [0.15, 0.2) is 101 Å².